The number of carboxylic acids is 1. The van der Waals surface area contributed by atoms with E-state index in [2.05, 4.69) is 0 Å². The van der Waals surface area contributed by atoms with Crippen molar-refractivity contribution in [3.05, 3.63) is 11.0 Å². The average molecular weight is 217 g/mol. The molecule has 1 fully saturated rings. The summed E-state index contributed by atoms with van der Waals surface area (Å²) < 4.78 is 0.306. The Balaban J connectivity index is 2.82. The van der Waals surface area contributed by atoms with Crippen LogP contribution in [0.3, 0.4) is 0 Å². The molecule has 0 saturated carbocycles. The Morgan fingerprint density at radius 3 is 2.77 bits per heavy atom. The van der Waals surface area contributed by atoms with Gasteiger partial charge in [-0.3, -0.25) is 14.5 Å². The van der Waals surface area contributed by atoms with Gasteiger partial charge < -0.3 is 5.11 Å². The second-order valence-corrected chi connectivity index (χ2v) is 3.98. The Hall–Kier alpha value is -0.880. The van der Waals surface area contributed by atoms with E-state index in [0.717, 1.165) is 16.7 Å². The Morgan fingerprint density at radius 2 is 2.38 bits per heavy atom. The van der Waals surface area contributed by atoms with Crippen LogP contribution in [0.25, 0.3) is 0 Å². The molecule has 0 aromatic rings. The Kier molecular flexibility index (Phi) is 3.05. The molecule has 1 aliphatic heterocycles. The van der Waals surface area contributed by atoms with Crippen molar-refractivity contribution in [3.63, 3.8) is 0 Å². The van der Waals surface area contributed by atoms with Crippen LogP contribution in [0, 0.1) is 0 Å². The van der Waals surface area contributed by atoms with Crippen molar-refractivity contribution in [2.75, 3.05) is 6.54 Å². The SMILES string of the molecule is CC=C1SC(=S)N(CC(=O)O)C1=O. The fraction of sp³-hybridized carbons (Fsp3) is 0.286. The van der Waals surface area contributed by atoms with Gasteiger partial charge >= 0.3 is 5.97 Å². The molecule has 0 bridgehead atoms. The minimum absolute atomic E-state index is 0.306. The molecule has 1 N–H and O–H groups in total. The van der Waals surface area contributed by atoms with Crippen molar-refractivity contribution in [3.8, 4) is 0 Å². The van der Waals surface area contributed by atoms with E-state index >= 15 is 0 Å². The molecule has 1 saturated heterocycles. The summed E-state index contributed by atoms with van der Waals surface area (Å²) in [6.07, 6.45) is 1.63. The van der Waals surface area contributed by atoms with E-state index < -0.39 is 5.97 Å². The van der Waals surface area contributed by atoms with Crippen LogP contribution in [0.5, 0.6) is 0 Å². The first-order valence-corrected chi connectivity index (χ1v) is 4.70. The van der Waals surface area contributed by atoms with Crippen molar-refractivity contribution in [2.24, 2.45) is 0 Å². The van der Waals surface area contributed by atoms with Gasteiger partial charge in [0.25, 0.3) is 5.91 Å². The summed E-state index contributed by atoms with van der Waals surface area (Å²) in [4.78, 5) is 23.3. The zero-order valence-electron chi connectivity index (χ0n) is 6.81. The number of rotatable bonds is 2. The topological polar surface area (TPSA) is 57.6 Å². The molecule has 4 nitrogen and oxygen atoms in total. The molecular weight excluding hydrogens is 210 g/mol. The molecule has 6 heteroatoms. The van der Waals surface area contributed by atoms with Gasteiger partial charge in [0.1, 0.15) is 10.9 Å². The zero-order valence-corrected chi connectivity index (χ0v) is 8.44. The van der Waals surface area contributed by atoms with Crippen molar-refractivity contribution < 1.29 is 14.7 Å². The number of thiocarbonyl (C=S) groups is 1. The maximum Gasteiger partial charge on any atom is 0.323 e. The summed E-state index contributed by atoms with van der Waals surface area (Å²) in [7, 11) is 0. The number of aliphatic carboxylic acids is 1. The number of carbonyl (C=O) groups is 2. The normalized spacial score (nSPS) is 20.1. The quantitative estimate of drug-likeness (QED) is 0.548. The van der Waals surface area contributed by atoms with Crippen molar-refractivity contribution in [1.82, 2.24) is 4.90 Å². The van der Waals surface area contributed by atoms with Gasteiger partial charge in [-0.2, -0.15) is 0 Å². The monoisotopic (exact) mass is 217 g/mol. The number of carboxylic acid groups (broad SMARTS) is 1. The van der Waals surface area contributed by atoms with Crippen LogP contribution in [0.1, 0.15) is 6.92 Å². The van der Waals surface area contributed by atoms with Crippen LogP contribution in [0.4, 0.5) is 0 Å². The molecule has 0 spiro atoms. The van der Waals surface area contributed by atoms with E-state index in [9.17, 15) is 9.59 Å². The minimum Gasteiger partial charge on any atom is -0.480 e. The van der Waals surface area contributed by atoms with E-state index in [1.165, 1.54) is 0 Å². The molecule has 0 aliphatic carbocycles. The molecule has 70 valence electrons. The lowest BCUT2D eigenvalue weighted by Gasteiger charge is -2.09. The lowest BCUT2D eigenvalue weighted by atomic mass is 10.4. The van der Waals surface area contributed by atoms with Crippen LogP contribution < -0.4 is 0 Å². The second-order valence-electron chi connectivity index (χ2n) is 2.31. The van der Waals surface area contributed by atoms with E-state index in [0.29, 0.717) is 9.23 Å². The summed E-state index contributed by atoms with van der Waals surface area (Å²) in [5, 5.41) is 8.49. The predicted molar refractivity (Wildman–Crippen MR) is 53.3 cm³/mol. The largest absolute Gasteiger partial charge is 0.480 e. The highest BCUT2D eigenvalue weighted by atomic mass is 32.2. The van der Waals surface area contributed by atoms with Gasteiger partial charge in [0.05, 0.1) is 4.91 Å². The van der Waals surface area contributed by atoms with Crippen LogP contribution in [0.15, 0.2) is 11.0 Å². The van der Waals surface area contributed by atoms with Crippen LogP contribution in [-0.4, -0.2) is 32.7 Å². The summed E-state index contributed by atoms with van der Waals surface area (Å²) in [6, 6.07) is 0. The smallest absolute Gasteiger partial charge is 0.323 e. The van der Waals surface area contributed by atoms with Gasteiger partial charge in [-0.05, 0) is 6.92 Å². The first-order valence-electron chi connectivity index (χ1n) is 3.48. The number of allylic oxidation sites excluding steroid dienone is 1. The standard InChI is InChI=1S/C7H7NO3S2/c1-2-4-6(11)8(3-5(9)10)7(12)13-4/h2H,3H2,1H3,(H,9,10). The van der Waals surface area contributed by atoms with Crippen LogP contribution >= 0.6 is 24.0 Å². The Morgan fingerprint density at radius 1 is 1.77 bits per heavy atom. The fourth-order valence-corrected chi connectivity index (χ4v) is 2.04. The molecule has 0 atom stereocenters. The fourth-order valence-electron chi connectivity index (χ4n) is 0.863. The molecule has 1 amide bonds. The maximum atomic E-state index is 11.4. The van der Waals surface area contributed by atoms with Crippen molar-refractivity contribution >= 4 is 40.2 Å². The van der Waals surface area contributed by atoms with Crippen LogP contribution in [0.2, 0.25) is 0 Å². The molecule has 0 aromatic carbocycles. The minimum atomic E-state index is -1.06. The first-order chi connectivity index (χ1) is 6.06. The molecule has 0 radical (unpaired) electrons. The maximum absolute atomic E-state index is 11.4. The molecule has 0 unspecified atom stereocenters. The number of amides is 1. The van der Waals surface area contributed by atoms with Gasteiger partial charge in [0.15, 0.2) is 0 Å². The Bertz CT molecular complexity index is 311. The summed E-state index contributed by atoms with van der Waals surface area (Å²) in [5.74, 6) is -1.38. The Labute approximate surface area is 84.6 Å². The van der Waals surface area contributed by atoms with Gasteiger partial charge in [0.2, 0.25) is 0 Å². The number of hydrogen-bond acceptors (Lipinski definition) is 4. The predicted octanol–water partition coefficient (Wildman–Crippen LogP) is 0.835. The number of nitrogens with zero attached hydrogens (tertiary/aromatic N) is 1. The zero-order chi connectivity index (χ0) is 10.0. The molecule has 1 heterocycles. The van der Waals surface area contributed by atoms with E-state index in [1.54, 1.807) is 13.0 Å². The number of carbonyl (C=O) groups excluding carboxylic acids is 1. The first kappa shape index (κ1) is 10.2. The third kappa shape index (κ3) is 2.07. The number of thioether (sulfide) groups is 1. The molecule has 13 heavy (non-hydrogen) atoms. The van der Waals surface area contributed by atoms with Crippen LogP contribution in [-0.2, 0) is 9.59 Å². The third-order valence-corrected chi connectivity index (χ3v) is 2.92. The van der Waals surface area contributed by atoms with Crippen molar-refractivity contribution in [2.45, 2.75) is 6.92 Å². The van der Waals surface area contributed by atoms with Gasteiger partial charge in [0, 0.05) is 0 Å². The van der Waals surface area contributed by atoms with E-state index in [1.807, 2.05) is 0 Å². The summed E-state index contributed by atoms with van der Waals surface area (Å²) in [5.41, 5.74) is 0. The third-order valence-electron chi connectivity index (χ3n) is 1.43. The molecule has 1 aliphatic rings. The summed E-state index contributed by atoms with van der Waals surface area (Å²) in [6.45, 7) is 1.36. The average Bonchev–Trinajstić information content (AvgIpc) is 2.31. The van der Waals surface area contributed by atoms with Crippen molar-refractivity contribution in [1.29, 1.82) is 0 Å². The molecular formula is C7H7NO3S2. The lowest BCUT2D eigenvalue weighted by molar-refractivity contribution is -0.140. The highest BCUT2D eigenvalue weighted by molar-refractivity contribution is 8.26. The van der Waals surface area contributed by atoms with Gasteiger partial charge in [-0.15, -0.1) is 0 Å². The van der Waals surface area contributed by atoms with E-state index in [-0.39, 0.29) is 12.5 Å². The molecule has 1 rings (SSSR count). The summed E-state index contributed by atoms with van der Waals surface area (Å²) >= 11 is 5.97. The van der Waals surface area contributed by atoms with Gasteiger partial charge in [-0.25, -0.2) is 0 Å². The van der Waals surface area contributed by atoms with Gasteiger partial charge in [-0.1, -0.05) is 30.1 Å². The lowest BCUT2D eigenvalue weighted by Crippen LogP contribution is -2.33. The second kappa shape index (κ2) is 3.89. The highest BCUT2D eigenvalue weighted by Gasteiger charge is 2.32. The molecule has 0 aromatic heterocycles. The van der Waals surface area contributed by atoms with E-state index in [4.69, 9.17) is 17.3 Å². The number of hydrogen-bond donors (Lipinski definition) is 1. The highest BCUT2D eigenvalue weighted by Crippen LogP contribution is 2.30.